The van der Waals surface area contributed by atoms with Crippen molar-refractivity contribution in [1.82, 2.24) is 5.43 Å². The molecule has 2 rings (SSSR count). The minimum atomic E-state index is 0.448. The van der Waals surface area contributed by atoms with E-state index in [9.17, 15) is 0 Å². The van der Waals surface area contributed by atoms with Gasteiger partial charge in [0.25, 0.3) is 0 Å². The fourth-order valence-corrected chi connectivity index (χ4v) is 1.89. The van der Waals surface area contributed by atoms with Crippen LogP contribution in [0.4, 0.5) is 5.69 Å². The first-order valence-electron chi connectivity index (χ1n) is 6.50. The van der Waals surface area contributed by atoms with Crippen molar-refractivity contribution in [2.75, 3.05) is 12.4 Å². The van der Waals surface area contributed by atoms with Crippen LogP contribution in [0.5, 0.6) is 5.75 Å². The Kier molecular flexibility index (Phi) is 5.29. The SMILES string of the molecule is COc1cccc(/C(C)=N/NC(=S)Nc2ccccc2)c1. The molecular weight excluding hydrogens is 282 g/mol. The molecule has 5 heteroatoms. The van der Waals surface area contributed by atoms with Gasteiger partial charge in [0.05, 0.1) is 12.8 Å². The second-order valence-electron chi connectivity index (χ2n) is 4.36. The zero-order valence-corrected chi connectivity index (χ0v) is 12.8. The average molecular weight is 299 g/mol. The van der Waals surface area contributed by atoms with Gasteiger partial charge in [0.15, 0.2) is 5.11 Å². The average Bonchev–Trinajstić information content (AvgIpc) is 2.53. The zero-order chi connectivity index (χ0) is 15.1. The molecule has 0 aromatic heterocycles. The molecule has 0 heterocycles. The highest BCUT2D eigenvalue weighted by Crippen LogP contribution is 2.13. The maximum absolute atomic E-state index is 5.20. The molecule has 0 aliphatic carbocycles. The summed E-state index contributed by atoms with van der Waals surface area (Å²) in [5.41, 5.74) is 5.56. The number of benzene rings is 2. The maximum atomic E-state index is 5.20. The predicted octanol–water partition coefficient (Wildman–Crippen LogP) is 3.41. The Balaban J connectivity index is 1.98. The summed E-state index contributed by atoms with van der Waals surface area (Å²) < 4.78 is 5.20. The Labute approximate surface area is 129 Å². The van der Waals surface area contributed by atoms with Crippen LogP contribution in [0, 0.1) is 0 Å². The molecule has 0 bridgehead atoms. The number of anilines is 1. The lowest BCUT2D eigenvalue weighted by atomic mass is 10.1. The fourth-order valence-electron chi connectivity index (χ4n) is 1.73. The second-order valence-corrected chi connectivity index (χ2v) is 4.77. The molecule has 0 radical (unpaired) electrons. The highest BCUT2D eigenvalue weighted by Gasteiger charge is 2.00. The number of para-hydroxylation sites is 1. The van der Waals surface area contributed by atoms with Gasteiger partial charge in [0.1, 0.15) is 5.75 Å². The molecule has 0 aliphatic heterocycles. The third-order valence-electron chi connectivity index (χ3n) is 2.84. The molecule has 21 heavy (non-hydrogen) atoms. The van der Waals surface area contributed by atoms with Crippen molar-refractivity contribution >= 4 is 28.7 Å². The van der Waals surface area contributed by atoms with Crippen molar-refractivity contribution in [2.24, 2.45) is 5.10 Å². The molecule has 0 spiro atoms. The van der Waals surface area contributed by atoms with E-state index in [2.05, 4.69) is 15.8 Å². The third kappa shape index (κ3) is 4.57. The third-order valence-corrected chi connectivity index (χ3v) is 3.04. The van der Waals surface area contributed by atoms with Gasteiger partial charge in [-0.3, -0.25) is 5.43 Å². The lowest BCUT2D eigenvalue weighted by Gasteiger charge is -2.08. The first-order valence-corrected chi connectivity index (χ1v) is 6.90. The molecule has 4 nitrogen and oxygen atoms in total. The number of thiocarbonyl (C=S) groups is 1. The van der Waals surface area contributed by atoms with Crippen LogP contribution in [0.15, 0.2) is 59.7 Å². The molecule has 108 valence electrons. The minimum absolute atomic E-state index is 0.448. The molecule has 0 amide bonds. The number of ether oxygens (including phenoxy) is 1. The van der Waals surface area contributed by atoms with E-state index in [1.54, 1.807) is 7.11 Å². The van der Waals surface area contributed by atoms with Gasteiger partial charge in [-0.1, -0.05) is 30.3 Å². The zero-order valence-electron chi connectivity index (χ0n) is 12.0. The molecule has 2 N–H and O–H groups in total. The summed E-state index contributed by atoms with van der Waals surface area (Å²) in [6.07, 6.45) is 0. The van der Waals surface area contributed by atoms with E-state index < -0.39 is 0 Å². The number of nitrogens with one attached hydrogen (secondary N) is 2. The standard InChI is InChI=1S/C16H17N3OS/c1-12(13-7-6-10-15(11-13)20-2)18-19-16(21)17-14-8-4-3-5-9-14/h3-11H,1-2H3,(H2,17,19,21)/b18-12+. The van der Waals surface area contributed by atoms with Crippen LogP contribution in [0.1, 0.15) is 12.5 Å². The molecule has 0 saturated carbocycles. The van der Waals surface area contributed by atoms with E-state index >= 15 is 0 Å². The van der Waals surface area contributed by atoms with Crippen molar-refractivity contribution in [1.29, 1.82) is 0 Å². The highest BCUT2D eigenvalue weighted by atomic mass is 32.1. The van der Waals surface area contributed by atoms with Gasteiger partial charge in [-0.25, -0.2) is 0 Å². The number of rotatable bonds is 4. The van der Waals surface area contributed by atoms with Crippen molar-refractivity contribution < 1.29 is 4.74 Å². The lowest BCUT2D eigenvalue weighted by molar-refractivity contribution is 0.414. The Morgan fingerprint density at radius 3 is 2.57 bits per heavy atom. The van der Waals surface area contributed by atoms with Crippen molar-refractivity contribution in [2.45, 2.75) is 6.92 Å². The Morgan fingerprint density at radius 2 is 1.86 bits per heavy atom. The monoisotopic (exact) mass is 299 g/mol. The first-order chi connectivity index (χ1) is 10.2. The Hall–Kier alpha value is -2.40. The van der Waals surface area contributed by atoms with Gasteiger partial charge >= 0.3 is 0 Å². The number of hydrogen-bond donors (Lipinski definition) is 2. The summed E-state index contributed by atoms with van der Waals surface area (Å²) in [6.45, 7) is 1.91. The molecule has 0 fully saturated rings. The van der Waals surface area contributed by atoms with Crippen LogP contribution in [-0.4, -0.2) is 17.9 Å². The molecule has 0 atom stereocenters. The molecule has 0 aliphatic rings. The summed E-state index contributed by atoms with van der Waals surface area (Å²) in [6, 6.07) is 17.4. The van der Waals surface area contributed by atoms with Gasteiger partial charge in [-0.2, -0.15) is 5.10 Å². The molecule has 0 saturated heterocycles. The van der Waals surface area contributed by atoms with Gasteiger partial charge in [0, 0.05) is 11.3 Å². The maximum Gasteiger partial charge on any atom is 0.191 e. The van der Waals surface area contributed by atoms with E-state index in [4.69, 9.17) is 17.0 Å². The normalized spacial score (nSPS) is 10.9. The van der Waals surface area contributed by atoms with E-state index in [0.717, 1.165) is 22.7 Å². The van der Waals surface area contributed by atoms with Crippen molar-refractivity contribution in [3.63, 3.8) is 0 Å². The predicted molar refractivity (Wildman–Crippen MR) is 91.0 cm³/mol. The van der Waals surface area contributed by atoms with Gasteiger partial charge in [-0.15, -0.1) is 0 Å². The number of hydrazone groups is 1. The lowest BCUT2D eigenvalue weighted by Crippen LogP contribution is -2.24. The minimum Gasteiger partial charge on any atom is -0.497 e. The molecule has 0 unspecified atom stereocenters. The summed E-state index contributed by atoms with van der Waals surface area (Å²) in [5, 5.41) is 7.78. The number of nitrogens with zero attached hydrogens (tertiary/aromatic N) is 1. The topological polar surface area (TPSA) is 45.6 Å². The Morgan fingerprint density at radius 1 is 1.10 bits per heavy atom. The summed E-state index contributed by atoms with van der Waals surface area (Å²) in [7, 11) is 1.64. The number of methoxy groups -OCH3 is 1. The summed E-state index contributed by atoms with van der Waals surface area (Å²) >= 11 is 5.20. The summed E-state index contributed by atoms with van der Waals surface area (Å²) in [4.78, 5) is 0. The van der Waals surface area contributed by atoms with E-state index in [0.29, 0.717) is 5.11 Å². The van der Waals surface area contributed by atoms with Crippen LogP contribution >= 0.6 is 12.2 Å². The highest BCUT2D eigenvalue weighted by molar-refractivity contribution is 7.80. The van der Waals surface area contributed by atoms with E-state index in [-0.39, 0.29) is 0 Å². The van der Waals surface area contributed by atoms with Crippen molar-refractivity contribution in [3.05, 3.63) is 60.2 Å². The molecule has 2 aromatic rings. The van der Waals surface area contributed by atoms with Gasteiger partial charge in [0.2, 0.25) is 0 Å². The van der Waals surface area contributed by atoms with Crippen LogP contribution in [0.3, 0.4) is 0 Å². The first kappa shape index (κ1) is 15.0. The molecule has 2 aromatic carbocycles. The van der Waals surface area contributed by atoms with Gasteiger partial charge < -0.3 is 10.1 Å². The number of hydrogen-bond acceptors (Lipinski definition) is 3. The van der Waals surface area contributed by atoms with Crippen LogP contribution in [-0.2, 0) is 0 Å². The van der Waals surface area contributed by atoms with Crippen molar-refractivity contribution in [3.8, 4) is 5.75 Å². The molecular formula is C16H17N3OS. The van der Waals surface area contributed by atoms with Crippen LogP contribution in [0.2, 0.25) is 0 Å². The van der Waals surface area contributed by atoms with Crippen LogP contribution < -0.4 is 15.5 Å². The van der Waals surface area contributed by atoms with E-state index in [1.807, 2.05) is 61.5 Å². The Bertz CT molecular complexity index is 641. The largest absolute Gasteiger partial charge is 0.497 e. The quantitative estimate of drug-likeness (QED) is 0.516. The second kappa shape index (κ2) is 7.40. The smallest absolute Gasteiger partial charge is 0.191 e. The fraction of sp³-hybridized carbons (Fsp3) is 0.125. The summed E-state index contributed by atoms with van der Waals surface area (Å²) in [5.74, 6) is 0.798. The van der Waals surface area contributed by atoms with Gasteiger partial charge in [-0.05, 0) is 43.4 Å². The van der Waals surface area contributed by atoms with Crippen LogP contribution in [0.25, 0.3) is 0 Å². The van der Waals surface area contributed by atoms with E-state index in [1.165, 1.54) is 0 Å².